The molecule has 0 unspecified atom stereocenters. The van der Waals surface area contributed by atoms with Crippen molar-refractivity contribution in [3.8, 4) is 0 Å². The molecule has 6 nitrogen and oxygen atoms in total. The van der Waals surface area contributed by atoms with E-state index in [1.165, 1.54) is 0 Å². The fourth-order valence-corrected chi connectivity index (χ4v) is 1.94. The van der Waals surface area contributed by atoms with Crippen molar-refractivity contribution in [3.05, 3.63) is 18.7 Å². The van der Waals surface area contributed by atoms with Crippen LogP contribution in [0.5, 0.6) is 0 Å². The van der Waals surface area contributed by atoms with E-state index in [9.17, 15) is 4.79 Å². The lowest BCUT2D eigenvalue weighted by molar-refractivity contribution is -0.147. The summed E-state index contributed by atoms with van der Waals surface area (Å²) < 4.78 is 7.53. The second-order valence-corrected chi connectivity index (χ2v) is 4.67. The molecule has 1 aromatic rings. The number of hydrogen-bond donors (Lipinski definition) is 2. The highest BCUT2D eigenvalue weighted by Gasteiger charge is 2.35. The number of aryl methyl sites for hydroxylation is 1. The van der Waals surface area contributed by atoms with Gasteiger partial charge in [0.2, 0.25) is 0 Å². The summed E-state index contributed by atoms with van der Waals surface area (Å²) in [7, 11) is 0. The first-order chi connectivity index (χ1) is 8.71. The van der Waals surface area contributed by atoms with Crippen molar-refractivity contribution in [2.75, 3.05) is 26.2 Å². The molecule has 0 bridgehead atoms. The molecule has 2 N–H and O–H groups in total. The lowest BCUT2D eigenvalue weighted by atomic mass is 10.0. The second-order valence-electron chi connectivity index (χ2n) is 4.67. The van der Waals surface area contributed by atoms with Crippen LogP contribution in [0.1, 0.15) is 13.3 Å². The van der Waals surface area contributed by atoms with E-state index in [0.717, 1.165) is 19.5 Å². The molecular weight excluding hydrogens is 232 g/mol. The summed E-state index contributed by atoms with van der Waals surface area (Å²) in [5.74, 6) is -0.0414. The van der Waals surface area contributed by atoms with E-state index < -0.39 is 5.60 Å². The third-order valence-corrected chi connectivity index (χ3v) is 3.08. The summed E-state index contributed by atoms with van der Waals surface area (Å²) in [6.45, 7) is 5.29. The molecule has 1 fully saturated rings. The van der Waals surface area contributed by atoms with E-state index >= 15 is 0 Å². The quantitative estimate of drug-likeness (QED) is 0.710. The second kappa shape index (κ2) is 5.97. The van der Waals surface area contributed by atoms with Gasteiger partial charge in [-0.1, -0.05) is 0 Å². The Morgan fingerprint density at radius 2 is 2.56 bits per heavy atom. The van der Waals surface area contributed by atoms with E-state index in [-0.39, 0.29) is 5.91 Å². The van der Waals surface area contributed by atoms with Crippen LogP contribution in [0.3, 0.4) is 0 Å². The number of imidazole rings is 1. The Bertz CT molecular complexity index is 371. The number of carbonyl (C=O) groups is 1. The molecule has 1 saturated heterocycles. The van der Waals surface area contributed by atoms with Crippen molar-refractivity contribution in [1.29, 1.82) is 0 Å². The van der Waals surface area contributed by atoms with Crippen LogP contribution in [0.4, 0.5) is 0 Å². The number of nitrogens with zero attached hydrogens (tertiary/aromatic N) is 2. The third-order valence-electron chi connectivity index (χ3n) is 3.08. The summed E-state index contributed by atoms with van der Waals surface area (Å²) in [6, 6.07) is 0. The van der Waals surface area contributed by atoms with Gasteiger partial charge in [0.1, 0.15) is 0 Å². The molecule has 2 rings (SSSR count). The van der Waals surface area contributed by atoms with Gasteiger partial charge >= 0.3 is 0 Å². The van der Waals surface area contributed by atoms with Crippen molar-refractivity contribution in [2.45, 2.75) is 25.5 Å². The Hall–Kier alpha value is -1.40. The first kappa shape index (κ1) is 13.0. The van der Waals surface area contributed by atoms with Crippen LogP contribution in [0.15, 0.2) is 18.7 Å². The zero-order valence-corrected chi connectivity index (χ0v) is 10.7. The Morgan fingerprint density at radius 3 is 3.22 bits per heavy atom. The van der Waals surface area contributed by atoms with Gasteiger partial charge in [0.25, 0.3) is 5.91 Å². The lowest BCUT2D eigenvalue weighted by Gasteiger charge is -2.32. The number of morpholine rings is 1. The smallest absolute Gasteiger partial charge is 0.253 e. The summed E-state index contributed by atoms with van der Waals surface area (Å²) in [6.07, 6.45) is 6.32. The molecule has 6 heteroatoms. The molecule has 0 aromatic carbocycles. The average Bonchev–Trinajstić information content (AvgIpc) is 2.88. The Balaban J connectivity index is 1.68. The fraction of sp³-hybridized carbons (Fsp3) is 0.667. The predicted molar refractivity (Wildman–Crippen MR) is 67.1 cm³/mol. The maximum atomic E-state index is 12.0. The Kier molecular flexibility index (Phi) is 4.33. The van der Waals surface area contributed by atoms with Crippen LogP contribution in [0.2, 0.25) is 0 Å². The number of amides is 1. The highest BCUT2D eigenvalue weighted by atomic mass is 16.5. The fourth-order valence-electron chi connectivity index (χ4n) is 1.94. The van der Waals surface area contributed by atoms with Crippen LogP contribution >= 0.6 is 0 Å². The van der Waals surface area contributed by atoms with E-state index in [1.807, 2.05) is 17.7 Å². The van der Waals surface area contributed by atoms with Gasteiger partial charge in [-0.25, -0.2) is 4.98 Å². The van der Waals surface area contributed by atoms with Crippen LogP contribution in [0, 0.1) is 0 Å². The molecule has 1 aliphatic heterocycles. The molecule has 1 atom stereocenters. The minimum Gasteiger partial charge on any atom is -0.363 e. The summed E-state index contributed by atoms with van der Waals surface area (Å²) in [4.78, 5) is 16.0. The minimum absolute atomic E-state index is 0.0414. The largest absolute Gasteiger partial charge is 0.363 e. The molecule has 1 aliphatic rings. The molecule has 18 heavy (non-hydrogen) atoms. The molecule has 100 valence electrons. The molecule has 1 aromatic heterocycles. The maximum absolute atomic E-state index is 12.0. The monoisotopic (exact) mass is 252 g/mol. The summed E-state index contributed by atoms with van der Waals surface area (Å²) >= 11 is 0. The van der Waals surface area contributed by atoms with Crippen molar-refractivity contribution in [3.63, 3.8) is 0 Å². The molecule has 1 amide bonds. The van der Waals surface area contributed by atoms with E-state index in [0.29, 0.717) is 19.7 Å². The molecule has 0 saturated carbocycles. The normalized spacial score (nSPS) is 23.8. The minimum atomic E-state index is -0.729. The first-order valence-corrected chi connectivity index (χ1v) is 6.29. The van der Waals surface area contributed by atoms with Gasteiger partial charge in [0.15, 0.2) is 5.60 Å². The van der Waals surface area contributed by atoms with Crippen molar-refractivity contribution in [2.24, 2.45) is 0 Å². The lowest BCUT2D eigenvalue weighted by Crippen LogP contribution is -2.57. The summed E-state index contributed by atoms with van der Waals surface area (Å²) in [5.41, 5.74) is -0.729. The maximum Gasteiger partial charge on any atom is 0.253 e. The van der Waals surface area contributed by atoms with Gasteiger partial charge in [-0.3, -0.25) is 4.79 Å². The highest BCUT2D eigenvalue weighted by molar-refractivity contribution is 5.85. The molecule has 0 spiro atoms. The zero-order chi connectivity index (χ0) is 12.8. The number of hydrogen-bond acceptors (Lipinski definition) is 4. The average molecular weight is 252 g/mol. The van der Waals surface area contributed by atoms with Crippen molar-refractivity contribution < 1.29 is 9.53 Å². The first-order valence-electron chi connectivity index (χ1n) is 6.29. The summed E-state index contributed by atoms with van der Waals surface area (Å²) in [5, 5.41) is 6.09. The van der Waals surface area contributed by atoms with Crippen LogP contribution in [-0.4, -0.2) is 47.3 Å². The van der Waals surface area contributed by atoms with E-state index in [1.54, 1.807) is 12.5 Å². The van der Waals surface area contributed by atoms with Gasteiger partial charge in [-0.15, -0.1) is 0 Å². The standard InChI is InChI=1S/C12H20N4O2/c1-12(9-13-5-8-18-12)11(17)15-3-2-6-16-7-4-14-10-16/h4,7,10,13H,2-3,5-6,8-9H2,1H3,(H,15,17)/t12-/m0/s1. The zero-order valence-electron chi connectivity index (χ0n) is 10.7. The molecule has 0 radical (unpaired) electrons. The number of ether oxygens (including phenoxy) is 1. The molecule has 0 aliphatic carbocycles. The van der Waals surface area contributed by atoms with Crippen molar-refractivity contribution >= 4 is 5.91 Å². The van der Waals surface area contributed by atoms with E-state index in [4.69, 9.17) is 4.74 Å². The van der Waals surface area contributed by atoms with Gasteiger partial charge in [-0.2, -0.15) is 0 Å². The van der Waals surface area contributed by atoms with Gasteiger partial charge in [0.05, 0.1) is 12.9 Å². The van der Waals surface area contributed by atoms with Crippen LogP contribution in [-0.2, 0) is 16.1 Å². The topological polar surface area (TPSA) is 68.2 Å². The Morgan fingerprint density at radius 1 is 1.67 bits per heavy atom. The van der Waals surface area contributed by atoms with Gasteiger partial charge in [0, 0.05) is 38.6 Å². The number of carbonyl (C=O) groups excluding carboxylic acids is 1. The van der Waals surface area contributed by atoms with Gasteiger partial charge < -0.3 is 19.9 Å². The van der Waals surface area contributed by atoms with E-state index in [2.05, 4.69) is 15.6 Å². The van der Waals surface area contributed by atoms with Crippen LogP contribution < -0.4 is 10.6 Å². The Labute approximate surface area is 107 Å². The van der Waals surface area contributed by atoms with Crippen LogP contribution in [0.25, 0.3) is 0 Å². The molecule has 2 heterocycles. The predicted octanol–water partition coefficient (Wildman–Crippen LogP) is -0.232. The number of rotatable bonds is 5. The number of aromatic nitrogens is 2. The highest BCUT2D eigenvalue weighted by Crippen LogP contribution is 2.12. The molecular formula is C12H20N4O2. The SMILES string of the molecule is C[C@@]1(C(=O)NCCCn2ccnc2)CNCCO1. The number of nitrogens with one attached hydrogen (secondary N) is 2. The van der Waals surface area contributed by atoms with Gasteiger partial charge in [-0.05, 0) is 13.3 Å². The van der Waals surface area contributed by atoms with Crippen molar-refractivity contribution in [1.82, 2.24) is 20.2 Å². The third kappa shape index (κ3) is 3.30.